The summed E-state index contributed by atoms with van der Waals surface area (Å²) in [6.45, 7) is 6.99. The normalized spacial score (nSPS) is 22.1. The molecule has 7 atom stereocenters. The maximum atomic E-state index is 15.9. The van der Waals surface area contributed by atoms with Crippen molar-refractivity contribution in [2.75, 3.05) is 54.3 Å². The number of imidazole rings is 1. The van der Waals surface area contributed by atoms with Crippen molar-refractivity contribution in [3.05, 3.63) is 64.8 Å². The molecule has 2 saturated heterocycles. The molecule has 60 heavy (non-hydrogen) atoms. The van der Waals surface area contributed by atoms with Crippen LogP contribution in [-0.2, 0) is 23.8 Å². The van der Waals surface area contributed by atoms with E-state index in [4.69, 9.17) is 35.8 Å². The van der Waals surface area contributed by atoms with Crippen molar-refractivity contribution < 1.29 is 37.8 Å². The number of amides is 4. The summed E-state index contributed by atoms with van der Waals surface area (Å²) in [7, 11) is 5.98. The van der Waals surface area contributed by atoms with E-state index in [2.05, 4.69) is 20.5 Å². The van der Waals surface area contributed by atoms with Gasteiger partial charge in [-0.25, -0.2) is 19.0 Å². The van der Waals surface area contributed by atoms with Gasteiger partial charge in [-0.1, -0.05) is 61.8 Å². The zero-order chi connectivity index (χ0) is 43.4. The molecule has 3 aromatic rings. The smallest absolute Gasteiger partial charge is 0.407 e. The van der Waals surface area contributed by atoms with Crippen LogP contribution < -0.4 is 10.6 Å². The molecular formula is C42H54ClFN8O7S. The number of methoxy groups -OCH3 is 3. The van der Waals surface area contributed by atoms with Crippen LogP contribution in [0.4, 0.5) is 14.0 Å². The van der Waals surface area contributed by atoms with Crippen LogP contribution >= 0.6 is 23.4 Å². The van der Waals surface area contributed by atoms with Crippen LogP contribution in [-0.4, -0.2) is 144 Å². The van der Waals surface area contributed by atoms with Gasteiger partial charge in [-0.2, -0.15) is 11.8 Å². The molecule has 2 aromatic carbocycles. The zero-order valence-electron chi connectivity index (χ0n) is 35.2. The van der Waals surface area contributed by atoms with Gasteiger partial charge in [0.2, 0.25) is 11.8 Å². The molecule has 3 aliphatic heterocycles. The number of aromatic amines is 1. The third-order valence-electron chi connectivity index (χ3n) is 11.7. The maximum absolute atomic E-state index is 15.9. The number of likely N-dealkylation sites (N-methyl/N-ethyl adjacent to an activating group) is 1. The molecular weight excluding hydrogens is 815 g/mol. The minimum atomic E-state index is -0.932. The third-order valence-corrected chi connectivity index (χ3v) is 12.9. The van der Waals surface area contributed by atoms with E-state index in [-0.39, 0.29) is 40.3 Å². The van der Waals surface area contributed by atoms with Crippen molar-refractivity contribution >= 4 is 53.1 Å². The fraction of sp³-hybridized carbons (Fsp3) is 0.524. The lowest BCUT2D eigenvalue weighted by atomic mass is 10.00. The number of thioether (sulfide) groups is 1. The number of H-pyrrole nitrogens is 1. The van der Waals surface area contributed by atoms with Crippen LogP contribution in [0.3, 0.4) is 0 Å². The van der Waals surface area contributed by atoms with Gasteiger partial charge in [-0.05, 0) is 62.6 Å². The second-order valence-electron chi connectivity index (χ2n) is 15.7. The Morgan fingerprint density at radius 1 is 0.933 bits per heavy atom. The topological polar surface area (TPSA) is 171 Å². The van der Waals surface area contributed by atoms with Crippen molar-refractivity contribution in [3.63, 3.8) is 0 Å². The van der Waals surface area contributed by atoms with Crippen molar-refractivity contribution in [2.45, 2.75) is 81.7 Å². The number of carbonyl (C=O) groups is 4. The number of aliphatic imine (C=N–C) groups is 1. The van der Waals surface area contributed by atoms with Gasteiger partial charge in [0.1, 0.15) is 40.7 Å². The summed E-state index contributed by atoms with van der Waals surface area (Å²) >= 11 is 8.35. The Morgan fingerprint density at radius 2 is 1.57 bits per heavy atom. The largest absolute Gasteiger partial charge is 0.453 e. The van der Waals surface area contributed by atoms with E-state index in [1.54, 1.807) is 35.7 Å². The molecule has 4 amide bonds. The number of carbonyl (C=O) groups excluding carboxylic acids is 4. The number of halogens is 2. The molecule has 7 unspecified atom stereocenters. The van der Waals surface area contributed by atoms with E-state index in [1.165, 1.54) is 27.4 Å². The van der Waals surface area contributed by atoms with Crippen LogP contribution in [0, 0.1) is 11.7 Å². The van der Waals surface area contributed by atoms with E-state index < -0.39 is 42.2 Å². The predicted molar refractivity (Wildman–Crippen MR) is 228 cm³/mol. The zero-order valence-corrected chi connectivity index (χ0v) is 36.7. The Labute approximate surface area is 359 Å². The number of nitrogens with one attached hydrogen (secondary N) is 3. The highest BCUT2D eigenvalue weighted by Gasteiger charge is 2.46. The highest BCUT2D eigenvalue weighted by molar-refractivity contribution is 7.99. The Balaban J connectivity index is 1.17. The Morgan fingerprint density at radius 3 is 2.18 bits per heavy atom. The second-order valence-corrected chi connectivity index (χ2v) is 17.2. The molecule has 2 fully saturated rings. The number of likely N-dealkylation sites (tertiary alicyclic amines) is 2. The number of alkyl carbamates (subject to hydrolysis) is 2. The van der Waals surface area contributed by atoms with Crippen LogP contribution in [0.15, 0.2) is 47.5 Å². The summed E-state index contributed by atoms with van der Waals surface area (Å²) in [6.07, 6.45) is 1.86. The average molecular weight is 869 g/mol. The molecule has 3 aliphatic rings. The monoisotopic (exact) mass is 868 g/mol. The first-order valence-electron chi connectivity index (χ1n) is 20.0. The molecule has 0 spiro atoms. The predicted octanol–water partition coefficient (Wildman–Crippen LogP) is 5.73. The number of hydrogen-bond donors (Lipinski definition) is 3. The highest BCUT2D eigenvalue weighted by Crippen LogP contribution is 2.37. The van der Waals surface area contributed by atoms with Gasteiger partial charge in [0.05, 0.1) is 38.1 Å². The summed E-state index contributed by atoms with van der Waals surface area (Å²) in [6, 6.07) is 10.1. The molecule has 0 radical (unpaired) electrons. The lowest BCUT2D eigenvalue weighted by Gasteiger charge is -2.34. The number of rotatable bonds is 13. The Bertz CT molecular complexity index is 2090. The second kappa shape index (κ2) is 19.3. The first-order valence-corrected chi connectivity index (χ1v) is 21.6. The minimum Gasteiger partial charge on any atom is -0.453 e. The Kier molecular flexibility index (Phi) is 14.4. The summed E-state index contributed by atoms with van der Waals surface area (Å²) in [5, 5.41) is 5.73. The van der Waals surface area contributed by atoms with Gasteiger partial charge >= 0.3 is 12.2 Å². The fourth-order valence-electron chi connectivity index (χ4n) is 8.24. The van der Waals surface area contributed by atoms with Gasteiger partial charge in [0.15, 0.2) is 0 Å². The van der Waals surface area contributed by atoms with Gasteiger partial charge in [0.25, 0.3) is 0 Å². The van der Waals surface area contributed by atoms with Crippen molar-refractivity contribution in [1.82, 2.24) is 35.3 Å². The summed E-state index contributed by atoms with van der Waals surface area (Å²) in [5.74, 6) is -0.641. The van der Waals surface area contributed by atoms with E-state index in [0.717, 1.165) is 24.1 Å². The standard InChI is InChI=1S/C42H54ClFN8O7S/c1-22(2)33(47-41(55)58-6)39(53)51-17-9-10-31(51)37-46-35(36(43)49-37)26-15-16-28(29(44)18-26)24-11-13-25(14-12-24)30-21-50(4)38(45-30)32-19-27(60-8)20-52(32)40(54)34(23(3)57-5)48-42(56)59-7/h11-16,18,22-23,27,31-34,38H,9-10,17,19-21H2,1-8H3,(H,46,49)(H,47,55)(H,48,56). The molecule has 0 aliphatic carbocycles. The van der Waals surface area contributed by atoms with E-state index in [0.29, 0.717) is 54.3 Å². The quantitative estimate of drug-likeness (QED) is 0.193. The number of ether oxygens (including phenoxy) is 3. The van der Waals surface area contributed by atoms with Crippen molar-refractivity contribution in [2.24, 2.45) is 10.9 Å². The molecule has 1 aromatic heterocycles. The summed E-state index contributed by atoms with van der Waals surface area (Å²) in [4.78, 5) is 70.4. The van der Waals surface area contributed by atoms with E-state index in [1.807, 2.05) is 56.3 Å². The van der Waals surface area contributed by atoms with Crippen LogP contribution in [0.2, 0.25) is 5.15 Å². The molecule has 6 rings (SSSR count). The lowest BCUT2D eigenvalue weighted by Crippen LogP contribution is -2.57. The molecule has 18 heteroatoms. The van der Waals surface area contributed by atoms with Gasteiger partial charge < -0.3 is 39.6 Å². The highest BCUT2D eigenvalue weighted by atomic mass is 35.5. The molecule has 4 heterocycles. The average Bonchev–Trinajstić information content (AvgIpc) is 4.06. The minimum absolute atomic E-state index is 0.180. The van der Waals surface area contributed by atoms with E-state index in [9.17, 15) is 19.2 Å². The van der Waals surface area contributed by atoms with E-state index >= 15 is 4.39 Å². The summed E-state index contributed by atoms with van der Waals surface area (Å²) in [5.41, 5.74) is 3.65. The van der Waals surface area contributed by atoms with Crippen molar-refractivity contribution in [1.29, 1.82) is 0 Å². The van der Waals surface area contributed by atoms with Crippen molar-refractivity contribution in [3.8, 4) is 22.4 Å². The SMILES string of the molecule is COC(=O)NC(C(=O)N1CCCC1c1nc(-c2ccc(-c3ccc(C4=NC(C5CC(SC)CN5C(=O)C(NC(=O)OC)C(C)OC)N(C)C4)cc3)c(F)c2)c(Cl)[nH]1)C(C)C. The molecule has 3 N–H and O–H groups in total. The Hall–Kier alpha value is -4.71. The maximum Gasteiger partial charge on any atom is 0.407 e. The number of nitrogens with zero attached hydrogens (tertiary/aromatic N) is 5. The number of aromatic nitrogens is 2. The molecule has 15 nitrogen and oxygen atoms in total. The molecule has 324 valence electrons. The van der Waals surface area contributed by atoms with Gasteiger partial charge in [0, 0.05) is 43.1 Å². The molecule has 0 saturated carbocycles. The van der Waals surface area contributed by atoms with Gasteiger partial charge in [-0.3, -0.25) is 19.5 Å². The third kappa shape index (κ3) is 9.43. The van der Waals surface area contributed by atoms with Gasteiger partial charge in [-0.15, -0.1) is 0 Å². The number of hydrogen-bond acceptors (Lipinski definition) is 11. The molecule has 0 bridgehead atoms. The number of benzene rings is 2. The first-order chi connectivity index (χ1) is 28.7. The lowest BCUT2D eigenvalue weighted by molar-refractivity contribution is -0.138. The van der Waals surface area contributed by atoms with Crippen LogP contribution in [0.1, 0.15) is 57.5 Å². The first kappa shape index (κ1) is 44.8. The summed E-state index contributed by atoms with van der Waals surface area (Å²) < 4.78 is 30.9. The van der Waals surface area contributed by atoms with Crippen LogP contribution in [0.5, 0.6) is 0 Å². The van der Waals surface area contributed by atoms with Crippen LogP contribution in [0.25, 0.3) is 22.4 Å². The fourth-order valence-corrected chi connectivity index (χ4v) is 9.18.